The zero-order chi connectivity index (χ0) is 20.4. The highest BCUT2D eigenvalue weighted by Gasteiger charge is 2.34. The van der Waals surface area contributed by atoms with E-state index in [4.69, 9.17) is 14.6 Å². The third-order valence-electron chi connectivity index (χ3n) is 4.48. The Hall–Kier alpha value is -2.58. The van der Waals surface area contributed by atoms with Gasteiger partial charge in [0.15, 0.2) is 6.61 Å². The molecule has 0 saturated carbocycles. The number of nitrogens with one attached hydrogen (secondary N) is 1. The Morgan fingerprint density at radius 2 is 1.96 bits per heavy atom. The second-order valence-corrected chi connectivity index (χ2v) is 9.08. The Kier molecular flexibility index (Phi) is 5.62. The third kappa shape index (κ3) is 4.82. The summed E-state index contributed by atoms with van der Waals surface area (Å²) in [5, 5.41) is 8.76. The predicted octanol–water partition coefficient (Wildman–Crippen LogP) is 2.77. The van der Waals surface area contributed by atoms with E-state index in [1.807, 2.05) is 13.8 Å². The van der Waals surface area contributed by atoms with Gasteiger partial charge < -0.3 is 14.6 Å². The van der Waals surface area contributed by atoms with Gasteiger partial charge in [0, 0.05) is 18.5 Å². The van der Waals surface area contributed by atoms with Crippen molar-refractivity contribution in [3.05, 3.63) is 54.1 Å². The minimum absolute atomic E-state index is 0.0919. The summed E-state index contributed by atoms with van der Waals surface area (Å²) in [5.41, 5.74) is 0.360. The molecule has 1 aliphatic heterocycles. The van der Waals surface area contributed by atoms with Gasteiger partial charge >= 0.3 is 5.97 Å². The Morgan fingerprint density at radius 1 is 1.25 bits per heavy atom. The molecule has 2 aromatic rings. The molecule has 0 bridgehead atoms. The summed E-state index contributed by atoms with van der Waals surface area (Å²) < 4.78 is 39.0. The average Bonchev–Trinajstić information content (AvgIpc) is 2.64. The van der Waals surface area contributed by atoms with Crippen LogP contribution in [-0.4, -0.2) is 38.2 Å². The molecule has 0 saturated heterocycles. The topological polar surface area (TPSA) is 102 Å². The maximum absolute atomic E-state index is 12.5. The van der Waals surface area contributed by atoms with Crippen LogP contribution in [0, 0.1) is 0 Å². The van der Waals surface area contributed by atoms with E-state index in [0.717, 1.165) is 5.56 Å². The quantitative estimate of drug-likeness (QED) is 0.734. The number of fused-ring (bicyclic) bond motifs is 1. The van der Waals surface area contributed by atoms with Crippen LogP contribution in [0.3, 0.4) is 0 Å². The van der Waals surface area contributed by atoms with Crippen LogP contribution in [0.15, 0.2) is 53.4 Å². The summed E-state index contributed by atoms with van der Waals surface area (Å²) in [6, 6.07) is 13.3. The van der Waals surface area contributed by atoms with Crippen LogP contribution in [0.5, 0.6) is 11.5 Å². The lowest BCUT2D eigenvalue weighted by Crippen LogP contribution is -2.39. The van der Waals surface area contributed by atoms with E-state index in [-0.39, 0.29) is 17.4 Å². The summed E-state index contributed by atoms with van der Waals surface area (Å²) in [6.45, 7) is 3.65. The molecule has 0 fully saturated rings. The summed E-state index contributed by atoms with van der Waals surface area (Å²) in [4.78, 5) is 10.9. The van der Waals surface area contributed by atoms with Crippen LogP contribution in [0.2, 0.25) is 0 Å². The minimum atomic E-state index is -3.61. The number of carboxylic acid groups (broad SMARTS) is 1. The van der Waals surface area contributed by atoms with Gasteiger partial charge in [-0.05, 0) is 44.0 Å². The van der Waals surface area contributed by atoms with E-state index in [1.165, 1.54) is 0 Å². The van der Waals surface area contributed by atoms with Crippen LogP contribution in [0.1, 0.15) is 31.7 Å². The van der Waals surface area contributed by atoms with Crippen LogP contribution in [-0.2, 0) is 14.8 Å². The highest BCUT2D eigenvalue weighted by molar-refractivity contribution is 7.89. The van der Waals surface area contributed by atoms with Gasteiger partial charge in [-0.2, -0.15) is 0 Å². The molecular weight excluding hydrogens is 382 g/mol. The highest BCUT2D eigenvalue weighted by atomic mass is 32.2. The van der Waals surface area contributed by atoms with Gasteiger partial charge in [-0.1, -0.05) is 24.3 Å². The van der Waals surface area contributed by atoms with Gasteiger partial charge in [-0.15, -0.1) is 0 Å². The predicted molar refractivity (Wildman–Crippen MR) is 103 cm³/mol. The van der Waals surface area contributed by atoms with Crippen molar-refractivity contribution in [2.45, 2.75) is 36.7 Å². The van der Waals surface area contributed by atoms with E-state index in [9.17, 15) is 13.2 Å². The number of hydrogen-bond acceptors (Lipinski definition) is 5. The van der Waals surface area contributed by atoms with Crippen molar-refractivity contribution in [3.8, 4) is 11.5 Å². The van der Waals surface area contributed by atoms with Crippen LogP contribution >= 0.6 is 0 Å². The van der Waals surface area contributed by atoms with E-state index < -0.39 is 28.2 Å². The van der Waals surface area contributed by atoms with E-state index in [0.29, 0.717) is 17.9 Å². The van der Waals surface area contributed by atoms with Crippen molar-refractivity contribution >= 4 is 16.0 Å². The number of hydrogen-bond donors (Lipinski definition) is 2. The molecule has 3 rings (SSSR count). The van der Waals surface area contributed by atoms with Crippen molar-refractivity contribution in [1.82, 2.24) is 4.72 Å². The van der Waals surface area contributed by atoms with Gasteiger partial charge in [-0.3, -0.25) is 0 Å². The molecule has 0 spiro atoms. The third-order valence-corrected chi connectivity index (χ3v) is 5.92. The number of carboxylic acids is 1. The molecule has 2 aromatic carbocycles. The molecule has 0 amide bonds. The van der Waals surface area contributed by atoms with Crippen LogP contribution in [0.4, 0.5) is 0 Å². The van der Waals surface area contributed by atoms with Crippen LogP contribution in [0.25, 0.3) is 0 Å². The minimum Gasteiger partial charge on any atom is -0.487 e. The second-order valence-electron chi connectivity index (χ2n) is 7.31. The van der Waals surface area contributed by atoms with Gasteiger partial charge in [0.2, 0.25) is 10.0 Å². The number of carbonyl (C=O) groups is 1. The summed E-state index contributed by atoms with van der Waals surface area (Å²) in [5.74, 6) is -0.191. The Morgan fingerprint density at radius 3 is 2.64 bits per heavy atom. The smallest absolute Gasteiger partial charge is 0.341 e. The molecule has 0 aliphatic carbocycles. The van der Waals surface area contributed by atoms with Crippen molar-refractivity contribution in [2.75, 3.05) is 13.2 Å². The monoisotopic (exact) mass is 405 g/mol. The average molecular weight is 405 g/mol. The fourth-order valence-corrected chi connectivity index (χ4v) is 4.40. The van der Waals surface area contributed by atoms with Crippen molar-refractivity contribution in [1.29, 1.82) is 0 Å². The first-order valence-corrected chi connectivity index (χ1v) is 10.4. The lowest BCUT2D eigenvalue weighted by molar-refractivity contribution is -0.139. The zero-order valence-electron chi connectivity index (χ0n) is 15.7. The zero-order valence-corrected chi connectivity index (χ0v) is 16.5. The van der Waals surface area contributed by atoms with Gasteiger partial charge in [0.05, 0.1) is 4.90 Å². The maximum atomic E-state index is 12.5. The SMILES string of the molecule is CC1(C)CC(CNS(=O)(=O)c2ccccc2)c2ccc(OCC(=O)O)cc2O1. The Bertz CT molecular complexity index is 956. The van der Waals surface area contributed by atoms with Gasteiger partial charge in [0.25, 0.3) is 0 Å². The van der Waals surface area contributed by atoms with Crippen molar-refractivity contribution in [3.63, 3.8) is 0 Å². The molecule has 1 aliphatic rings. The molecule has 1 atom stereocenters. The van der Waals surface area contributed by atoms with Crippen molar-refractivity contribution < 1.29 is 27.8 Å². The first kappa shape index (κ1) is 20.2. The normalized spacial score (nSPS) is 18.0. The molecule has 0 aromatic heterocycles. The number of rotatable bonds is 7. The summed E-state index contributed by atoms with van der Waals surface area (Å²) in [7, 11) is -3.61. The second kappa shape index (κ2) is 7.81. The first-order chi connectivity index (χ1) is 13.2. The van der Waals surface area contributed by atoms with Gasteiger partial charge in [-0.25, -0.2) is 17.9 Å². The molecule has 2 N–H and O–H groups in total. The molecule has 1 unspecified atom stereocenters. The Balaban J connectivity index is 1.80. The molecule has 7 nitrogen and oxygen atoms in total. The van der Waals surface area contributed by atoms with Gasteiger partial charge in [0.1, 0.15) is 17.1 Å². The van der Waals surface area contributed by atoms with E-state index in [2.05, 4.69) is 4.72 Å². The number of ether oxygens (including phenoxy) is 2. The molecule has 8 heteroatoms. The Labute approximate surface area is 164 Å². The summed E-state index contributed by atoms with van der Waals surface area (Å²) in [6.07, 6.45) is 0.632. The highest BCUT2D eigenvalue weighted by Crippen LogP contribution is 2.42. The molecule has 1 heterocycles. The van der Waals surface area contributed by atoms with Crippen molar-refractivity contribution in [2.24, 2.45) is 0 Å². The number of benzene rings is 2. The fourth-order valence-electron chi connectivity index (χ4n) is 3.29. The number of aliphatic carboxylic acids is 1. The summed E-state index contributed by atoms with van der Waals surface area (Å²) >= 11 is 0. The van der Waals surface area contributed by atoms with Crippen LogP contribution < -0.4 is 14.2 Å². The molecule has 150 valence electrons. The van der Waals surface area contributed by atoms with E-state index >= 15 is 0 Å². The maximum Gasteiger partial charge on any atom is 0.341 e. The number of sulfonamides is 1. The standard InChI is InChI=1S/C20H23NO6S/c1-20(2)11-14(12-21-28(24,25)16-6-4-3-5-7-16)17-9-8-15(10-18(17)27-20)26-13-19(22)23/h3-10,14,21H,11-13H2,1-2H3,(H,22,23). The lowest BCUT2D eigenvalue weighted by atomic mass is 9.84. The fraction of sp³-hybridized carbons (Fsp3) is 0.350. The molecular formula is C20H23NO6S. The molecule has 28 heavy (non-hydrogen) atoms. The van der Waals surface area contributed by atoms with E-state index in [1.54, 1.807) is 48.5 Å². The largest absolute Gasteiger partial charge is 0.487 e. The first-order valence-electron chi connectivity index (χ1n) is 8.88. The lowest BCUT2D eigenvalue weighted by Gasteiger charge is -2.37. The molecule has 0 radical (unpaired) electrons.